The topological polar surface area (TPSA) is 25.8 Å². The van der Waals surface area contributed by atoms with Gasteiger partial charge in [0.2, 0.25) is 0 Å². The van der Waals surface area contributed by atoms with Gasteiger partial charge in [0.15, 0.2) is 0 Å². The number of fused-ring (bicyclic) bond motifs is 2. The Kier molecular flexibility index (Phi) is 2.94. The molecule has 0 saturated heterocycles. The number of nitrogens with zero attached hydrogens (tertiary/aromatic N) is 2. The van der Waals surface area contributed by atoms with Crippen LogP contribution in [0.3, 0.4) is 0 Å². The second-order valence-electron chi connectivity index (χ2n) is 5.26. The lowest BCUT2D eigenvalue weighted by Gasteiger charge is -2.13. The van der Waals surface area contributed by atoms with Crippen LogP contribution in [-0.2, 0) is 6.42 Å². The van der Waals surface area contributed by atoms with E-state index in [1.165, 1.54) is 11.1 Å². The average Bonchev–Trinajstić information content (AvgIpc) is 2.43. The van der Waals surface area contributed by atoms with Crippen molar-refractivity contribution in [2.24, 2.45) is 0 Å². The maximum atomic E-state index is 4.73. The summed E-state index contributed by atoms with van der Waals surface area (Å²) in [4.78, 5) is 9.46. The molecular weight excluding hydrogens is 232 g/mol. The van der Waals surface area contributed by atoms with Crippen molar-refractivity contribution >= 4 is 22.1 Å². The van der Waals surface area contributed by atoms with Crippen LogP contribution >= 0.6 is 0 Å². The van der Waals surface area contributed by atoms with Crippen LogP contribution in [0.15, 0.2) is 36.4 Å². The summed E-state index contributed by atoms with van der Waals surface area (Å²) in [6.45, 7) is 6.66. The van der Waals surface area contributed by atoms with E-state index in [1.54, 1.807) is 0 Å². The van der Waals surface area contributed by atoms with Crippen molar-refractivity contribution in [1.82, 2.24) is 9.97 Å². The molecule has 0 bridgehead atoms. The Bertz CT molecular complexity index is 745. The maximum absolute atomic E-state index is 4.73. The molecule has 1 heterocycles. The van der Waals surface area contributed by atoms with E-state index in [1.807, 2.05) is 24.3 Å². The van der Waals surface area contributed by atoms with Gasteiger partial charge in [0.1, 0.15) is 0 Å². The molecule has 0 saturated carbocycles. The van der Waals surface area contributed by atoms with Gasteiger partial charge in [-0.3, -0.25) is 0 Å². The molecule has 0 unspecified atom stereocenters. The van der Waals surface area contributed by atoms with Gasteiger partial charge in [0.05, 0.1) is 22.1 Å². The van der Waals surface area contributed by atoms with Crippen molar-refractivity contribution in [1.29, 1.82) is 0 Å². The molecule has 0 N–H and O–H groups in total. The molecule has 0 amide bonds. The lowest BCUT2D eigenvalue weighted by atomic mass is 9.95. The number of aromatic nitrogens is 2. The van der Waals surface area contributed by atoms with E-state index in [9.17, 15) is 0 Å². The fourth-order valence-electron chi connectivity index (χ4n) is 2.57. The number of aryl methyl sites for hydroxylation is 1. The van der Waals surface area contributed by atoms with Crippen LogP contribution in [-0.4, -0.2) is 9.97 Å². The molecule has 0 spiro atoms. The second-order valence-corrected chi connectivity index (χ2v) is 5.26. The van der Waals surface area contributed by atoms with Gasteiger partial charge < -0.3 is 0 Å². The summed E-state index contributed by atoms with van der Waals surface area (Å²) in [7, 11) is 0. The molecule has 1 aromatic heterocycles. The SMILES string of the molecule is CCc1cc2nc3ccccc3nc2cc1C(C)C. The first-order chi connectivity index (χ1) is 9.19. The monoisotopic (exact) mass is 250 g/mol. The minimum absolute atomic E-state index is 0.521. The first kappa shape index (κ1) is 12.1. The number of hydrogen-bond donors (Lipinski definition) is 0. The van der Waals surface area contributed by atoms with Crippen molar-refractivity contribution in [3.05, 3.63) is 47.5 Å². The lowest BCUT2D eigenvalue weighted by molar-refractivity contribution is 0.846. The molecule has 2 nitrogen and oxygen atoms in total. The van der Waals surface area contributed by atoms with Gasteiger partial charge in [-0.2, -0.15) is 0 Å². The summed E-state index contributed by atoms with van der Waals surface area (Å²) in [5, 5.41) is 0. The third-order valence-corrected chi connectivity index (χ3v) is 3.60. The summed E-state index contributed by atoms with van der Waals surface area (Å²) < 4.78 is 0. The van der Waals surface area contributed by atoms with Crippen molar-refractivity contribution in [3.63, 3.8) is 0 Å². The molecule has 0 radical (unpaired) electrons. The van der Waals surface area contributed by atoms with E-state index in [0.717, 1.165) is 28.5 Å². The smallest absolute Gasteiger partial charge is 0.0897 e. The van der Waals surface area contributed by atoms with E-state index < -0.39 is 0 Å². The highest BCUT2D eigenvalue weighted by Gasteiger charge is 2.09. The lowest BCUT2D eigenvalue weighted by Crippen LogP contribution is -1.97. The Hall–Kier alpha value is -1.96. The molecule has 96 valence electrons. The molecular formula is C17H18N2. The molecule has 0 aliphatic carbocycles. The predicted octanol–water partition coefficient (Wildman–Crippen LogP) is 4.47. The van der Waals surface area contributed by atoms with Crippen LogP contribution in [0.1, 0.15) is 37.8 Å². The molecule has 3 rings (SSSR count). The summed E-state index contributed by atoms with van der Waals surface area (Å²) >= 11 is 0. The third kappa shape index (κ3) is 2.07. The van der Waals surface area contributed by atoms with E-state index in [4.69, 9.17) is 9.97 Å². The minimum atomic E-state index is 0.521. The Balaban J connectivity index is 2.35. The average molecular weight is 250 g/mol. The Morgan fingerprint density at radius 2 is 1.47 bits per heavy atom. The molecule has 0 aliphatic rings. The van der Waals surface area contributed by atoms with Crippen LogP contribution < -0.4 is 0 Å². The second kappa shape index (κ2) is 4.61. The van der Waals surface area contributed by atoms with Crippen molar-refractivity contribution in [2.75, 3.05) is 0 Å². The summed E-state index contributed by atoms with van der Waals surface area (Å²) in [5.41, 5.74) is 6.70. The first-order valence-electron chi connectivity index (χ1n) is 6.88. The number of benzene rings is 2. The van der Waals surface area contributed by atoms with Crippen LogP contribution in [0.25, 0.3) is 22.1 Å². The van der Waals surface area contributed by atoms with Crippen LogP contribution in [0.4, 0.5) is 0 Å². The highest BCUT2D eigenvalue weighted by molar-refractivity contribution is 5.87. The summed E-state index contributed by atoms with van der Waals surface area (Å²) in [5.74, 6) is 0.521. The zero-order valence-corrected chi connectivity index (χ0v) is 11.6. The Morgan fingerprint density at radius 3 is 2.00 bits per heavy atom. The van der Waals surface area contributed by atoms with Gasteiger partial charge in [-0.15, -0.1) is 0 Å². The number of rotatable bonds is 2. The highest BCUT2D eigenvalue weighted by atomic mass is 14.8. The zero-order valence-electron chi connectivity index (χ0n) is 11.6. The van der Waals surface area contributed by atoms with Gasteiger partial charge in [0.25, 0.3) is 0 Å². The van der Waals surface area contributed by atoms with Gasteiger partial charge in [0, 0.05) is 0 Å². The van der Waals surface area contributed by atoms with Crippen LogP contribution in [0.5, 0.6) is 0 Å². The third-order valence-electron chi connectivity index (χ3n) is 3.60. The molecule has 2 heteroatoms. The van der Waals surface area contributed by atoms with E-state index in [-0.39, 0.29) is 0 Å². The van der Waals surface area contributed by atoms with Gasteiger partial charge in [-0.25, -0.2) is 9.97 Å². The van der Waals surface area contributed by atoms with Crippen molar-refractivity contribution in [3.8, 4) is 0 Å². The predicted molar refractivity (Wildman–Crippen MR) is 80.5 cm³/mol. The fraction of sp³-hybridized carbons (Fsp3) is 0.294. The standard InChI is InChI=1S/C17H18N2/c1-4-12-9-16-17(10-13(12)11(2)3)19-15-8-6-5-7-14(15)18-16/h5-11H,4H2,1-3H3. The molecule has 3 aromatic rings. The van der Waals surface area contributed by atoms with Gasteiger partial charge in [-0.05, 0) is 47.7 Å². The van der Waals surface area contributed by atoms with E-state index in [2.05, 4.69) is 32.9 Å². The Morgan fingerprint density at radius 1 is 0.895 bits per heavy atom. The van der Waals surface area contributed by atoms with E-state index >= 15 is 0 Å². The molecule has 19 heavy (non-hydrogen) atoms. The minimum Gasteiger partial charge on any atom is -0.244 e. The highest BCUT2D eigenvalue weighted by Crippen LogP contribution is 2.25. The van der Waals surface area contributed by atoms with Crippen molar-refractivity contribution in [2.45, 2.75) is 33.1 Å². The zero-order chi connectivity index (χ0) is 13.4. The van der Waals surface area contributed by atoms with E-state index in [0.29, 0.717) is 5.92 Å². The largest absolute Gasteiger partial charge is 0.244 e. The quantitative estimate of drug-likeness (QED) is 0.627. The number of hydrogen-bond acceptors (Lipinski definition) is 2. The van der Waals surface area contributed by atoms with Crippen LogP contribution in [0, 0.1) is 0 Å². The molecule has 2 aromatic carbocycles. The van der Waals surface area contributed by atoms with Crippen LogP contribution in [0.2, 0.25) is 0 Å². The normalized spacial score (nSPS) is 11.6. The molecule has 0 fully saturated rings. The molecule has 0 atom stereocenters. The molecule has 0 aliphatic heterocycles. The summed E-state index contributed by atoms with van der Waals surface area (Å²) in [6, 6.07) is 12.5. The maximum Gasteiger partial charge on any atom is 0.0897 e. The Labute approximate surface area is 113 Å². The fourth-order valence-corrected chi connectivity index (χ4v) is 2.57. The first-order valence-corrected chi connectivity index (χ1v) is 6.88. The number of para-hydroxylation sites is 2. The van der Waals surface area contributed by atoms with Gasteiger partial charge >= 0.3 is 0 Å². The van der Waals surface area contributed by atoms with Crippen molar-refractivity contribution < 1.29 is 0 Å². The van der Waals surface area contributed by atoms with Gasteiger partial charge in [-0.1, -0.05) is 32.9 Å². The summed E-state index contributed by atoms with van der Waals surface area (Å²) in [6.07, 6.45) is 1.04.